The molecule has 0 saturated carbocycles. The third kappa shape index (κ3) is 17.7. The number of carbonyl (C=O) groups excluding carboxylic acids is 9. The number of aliphatic hydroxyl groups excluding tert-OH is 3. The second kappa shape index (κ2) is 33.5. The monoisotopic (exact) mass is 1450 g/mol. The number of esters is 1. The highest BCUT2D eigenvalue weighted by Crippen LogP contribution is 2.43. The highest BCUT2D eigenvalue weighted by molar-refractivity contribution is 6.17. The van der Waals surface area contributed by atoms with Crippen molar-refractivity contribution < 1.29 is 86.9 Å². The number of fused-ring (bicyclic) bond motifs is 2. The van der Waals surface area contributed by atoms with Crippen LogP contribution < -0.4 is 58.0 Å². The lowest BCUT2D eigenvalue weighted by Gasteiger charge is -2.38. The minimum absolute atomic E-state index is 0.0217. The van der Waals surface area contributed by atoms with Crippen LogP contribution in [0.5, 0.6) is 11.5 Å². The van der Waals surface area contributed by atoms with Gasteiger partial charge in [-0.3, -0.25) is 52.8 Å². The molecular formula is C76H93N9O20. The average molecular weight is 1450 g/mol. The van der Waals surface area contributed by atoms with Gasteiger partial charge in [-0.1, -0.05) is 90.1 Å². The zero-order valence-electron chi connectivity index (χ0n) is 60.6. The molecule has 105 heavy (non-hydrogen) atoms. The summed E-state index contributed by atoms with van der Waals surface area (Å²) in [5.74, 6) is -12.6. The van der Waals surface area contributed by atoms with Crippen LogP contribution in [0.2, 0.25) is 0 Å². The first-order chi connectivity index (χ1) is 49.7. The number of carbonyl (C=O) groups is 9. The molecule has 0 unspecified atom stereocenters. The summed E-state index contributed by atoms with van der Waals surface area (Å²) in [6.45, 7) is 16.1. The number of ketones is 1. The van der Waals surface area contributed by atoms with Crippen LogP contribution in [0.4, 0.5) is 16.2 Å². The van der Waals surface area contributed by atoms with E-state index in [1.807, 2.05) is 4.90 Å². The minimum atomic E-state index is -2.09. The summed E-state index contributed by atoms with van der Waals surface area (Å²) >= 11 is 0. The van der Waals surface area contributed by atoms with Crippen LogP contribution in [0.25, 0.3) is 38.7 Å². The highest BCUT2D eigenvalue weighted by Gasteiger charge is 2.45. The Morgan fingerprint density at radius 3 is 2.20 bits per heavy atom. The van der Waals surface area contributed by atoms with E-state index in [1.165, 1.54) is 71.4 Å². The van der Waals surface area contributed by atoms with Crippen LogP contribution in [0.15, 0.2) is 105 Å². The quantitative estimate of drug-likeness (QED) is 0.0154. The number of piperidine rings is 1. The van der Waals surface area contributed by atoms with Crippen molar-refractivity contribution in [1.82, 2.24) is 31.2 Å². The topological polar surface area (TPSA) is 424 Å². The first-order valence-corrected chi connectivity index (χ1v) is 35.2. The summed E-state index contributed by atoms with van der Waals surface area (Å²) in [5, 5.41) is 60.9. The van der Waals surface area contributed by atoms with E-state index in [0.29, 0.717) is 24.1 Å². The maximum Gasteiger partial charge on any atom is 0.312 e. The van der Waals surface area contributed by atoms with Crippen LogP contribution in [0.1, 0.15) is 112 Å². The van der Waals surface area contributed by atoms with E-state index in [-0.39, 0.29) is 108 Å². The fourth-order valence-corrected chi connectivity index (χ4v) is 14.0. The number of aromatic hydroxyl groups is 1. The molecule has 4 aromatic carbocycles. The molecule has 5 aromatic rings. The number of aromatic nitrogens is 1. The van der Waals surface area contributed by atoms with Gasteiger partial charge in [0.2, 0.25) is 28.6 Å². The molecule has 29 heteroatoms. The third-order valence-electron chi connectivity index (χ3n) is 20.2. The third-order valence-corrected chi connectivity index (χ3v) is 20.2. The van der Waals surface area contributed by atoms with E-state index < -0.39 is 171 Å². The van der Waals surface area contributed by atoms with Crippen LogP contribution in [0, 0.1) is 42.4 Å². The molecule has 4 aliphatic rings. The number of nitrogens with two attached hydrogens (primary N) is 1. The van der Waals surface area contributed by atoms with E-state index in [4.69, 9.17) is 34.1 Å². The van der Waals surface area contributed by atoms with Gasteiger partial charge in [0.15, 0.2) is 28.2 Å². The first-order valence-electron chi connectivity index (χ1n) is 35.2. The Balaban J connectivity index is 1.02. The number of nitrogens with one attached hydrogen (secondary N) is 5. The fraction of sp³-hybridized carbons (Fsp3) is 0.474. The Morgan fingerprint density at radius 2 is 1.55 bits per heavy atom. The molecule has 9 rings (SSSR count). The molecular weight excluding hydrogens is 1360 g/mol. The van der Waals surface area contributed by atoms with E-state index in [2.05, 4.69) is 26.6 Å². The number of aliphatic hydroxyl groups is 3. The van der Waals surface area contributed by atoms with Gasteiger partial charge >= 0.3 is 17.8 Å². The number of methoxy groups -OCH3 is 1. The molecule has 1 saturated heterocycles. The number of ether oxygens (including phenoxy) is 4. The summed E-state index contributed by atoms with van der Waals surface area (Å²) < 4.78 is 30.8. The van der Waals surface area contributed by atoms with Gasteiger partial charge in [0.1, 0.15) is 34.8 Å². The number of nitrogens with zero attached hydrogens (tertiary/aromatic N) is 3. The van der Waals surface area contributed by atoms with Crippen molar-refractivity contribution in [3.8, 4) is 11.5 Å². The molecule has 4 aliphatic heterocycles. The second-order valence-corrected chi connectivity index (χ2v) is 28.1. The number of imide groups is 1. The molecule has 11 N–H and O–H groups in total. The molecule has 29 nitrogen and oxygen atoms in total. The Labute approximate surface area is 605 Å². The number of allylic oxidation sites excluding steroid dienone is 2. The van der Waals surface area contributed by atoms with E-state index in [1.54, 1.807) is 78.0 Å². The van der Waals surface area contributed by atoms with Crippen molar-refractivity contribution in [2.75, 3.05) is 43.5 Å². The number of anilines is 2. The minimum Gasteiger partial charge on any atom is -0.507 e. The second-order valence-electron chi connectivity index (χ2n) is 28.1. The van der Waals surface area contributed by atoms with Gasteiger partial charge in [0, 0.05) is 149 Å². The normalized spacial score (nSPS) is 24.5. The summed E-state index contributed by atoms with van der Waals surface area (Å²) in [6, 6.07) is 8.29. The zero-order chi connectivity index (χ0) is 76.6. The van der Waals surface area contributed by atoms with Crippen LogP contribution in [-0.4, -0.2) is 165 Å². The predicted octanol–water partition coefficient (Wildman–Crippen LogP) is 4.85. The van der Waals surface area contributed by atoms with Gasteiger partial charge in [-0.25, -0.2) is 9.78 Å². The molecule has 1 fully saturated rings. The molecule has 0 aliphatic carbocycles. The van der Waals surface area contributed by atoms with E-state index >= 15 is 4.79 Å². The van der Waals surface area contributed by atoms with Crippen LogP contribution in [-0.2, 0) is 59.0 Å². The van der Waals surface area contributed by atoms with Gasteiger partial charge in [-0.05, 0) is 57.1 Å². The number of amides is 8. The van der Waals surface area contributed by atoms with Crippen molar-refractivity contribution in [3.63, 3.8) is 0 Å². The molecule has 562 valence electrons. The summed E-state index contributed by atoms with van der Waals surface area (Å²) in [6.07, 6.45) is 5.55. The smallest absolute Gasteiger partial charge is 0.312 e. The molecule has 4 bridgehead atoms. The SMILES string of the molecule is CO[C@H]1/C=C/O[C@@]2(C)Oc3c(C)c(O)c4c(=O)c(c5oc6cc(N7CCC(NC(=O)[C@H](Cc8ccccc8)NC(=O)[C@H](CCCNC(N)=O)CC(=O)[C@@H](NC(=O)CCN8C(=O)C=CC8=O)C(C)C)CC7)cc(=O)c6nc5c4c3=C2O)NC(=O)/C(C)=C\C=C\[C@H](C)[C@H](O)[C@@H](C)[C@@H](O)[C@@H](C)[C@H](OC(C)=O)[C@@H]1C. The number of hydrogen-bond acceptors (Lipinski definition) is 22. The summed E-state index contributed by atoms with van der Waals surface area (Å²) in [4.78, 5) is 157. The molecule has 12 atom stereocenters. The van der Waals surface area contributed by atoms with Crippen LogP contribution >= 0.6 is 0 Å². The number of phenols is 1. The van der Waals surface area contributed by atoms with Gasteiger partial charge in [-0.2, -0.15) is 0 Å². The number of urea groups is 1. The number of hydrogen-bond donors (Lipinski definition) is 10. The maximum absolute atomic E-state index is 15.2. The maximum atomic E-state index is 15.2. The first kappa shape index (κ1) is 78.6. The number of phenolic OH excluding ortho intramolecular Hbond substituents is 1. The van der Waals surface area contributed by atoms with Gasteiger partial charge < -0.3 is 81.0 Å². The lowest BCUT2D eigenvalue weighted by molar-refractivity contribution is -0.160. The Bertz CT molecular complexity index is 4510. The molecule has 0 spiro atoms. The Kier molecular flexibility index (Phi) is 25.1. The lowest BCUT2D eigenvalue weighted by Crippen LogP contribution is -2.54. The number of rotatable bonds is 21. The predicted molar refractivity (Wildman–Crippen MR) is 388 cm³/mol. The number of Topliss-reactive ketones (excluding diaryl/α,β-unsaturated/α-hetero) is 1. The fourth-order valence-electron chi connectivity index (χ4n) is 14.0. The summed E-state index contributed by atoms with van der Waals surface area (Å²) in [5.41, 5.74) is 3.29. The Hall–Kier alpha value is -10.5. The van der Waals surface area contributed by atoms with Crippen molar-refractivity contribution in [2.45, 2.75) is 163 Å². The van der Waals surface area contributed by atoms with Crippen molar-refractivity contribution >= 4 is 103 Å². The van der Waals surface area contributed by atoms with E-state index in [9.17, 15) is 68.4 Å². The van der Waals surface area contributed by atoms with Crippen molar-refractivity contribution in [1.29, 1.82) is 0 Å². The zero-order valence-corrected chi connectivity index (χ0v) is 60.6. The van der Waals surface area contributed by atoms with Crippen molar-refractivity contribution in [3.05, 3.63) is 128 Å². The highest BCUT2D eigenvalue weighted by atomic mass is 16.7. The standard InChI is InChI=1S/C76H93N9O20/c1-37(2)60(81-54(89)26-31-85-55(90)22-23-56(85)91)50(87)34-46(21-16-28-78-75(77)100)73(98)80-49(33-45-19-13-12-14-20-45)74(99)79-47-24-29-84(30-25-47)48-35-51(88)61-53(36-48)104-70-62(82-61)57-58-66(94)43(8)69-59(57)71(96)76(10,105-69)102-32-27-52(101-11)40(5)68(103-44(9)86)42(7)65(93)41(6)64(92)38(3)17-15-18-39(4)72(97)83-63(70)67(58)95/h12-15,17-20,22-23,27,32,35-38,40-42,46-47,49,52,60,64-65,68,92-94,96H,16,21,24-26,28-31,33-34H2,1-11H3,(H,79,99)(H,80,98)(H,81,89)(H,83,97)(H3,77,78,100)/b17-15+,32-27+,39-18-/t38-,40+,41+,42+,46+,49-,52-,60-,64-,65+,68+,76-/m0/s1. The Morgan fingerprint density at radius 1 is 0.867 bits per heavy atom. The molecule has 5 heterocycles. The molecule has 0 radical (unpaired) electrons. The summed E-state index contributed by atoms with van der Waals surface area (Å²) in [7, 11) is 1.41. The number of benzene rings is 4. The van der Waals surface area contributed by atoms with Gasteiger partial charge in [0.25, 0.3) is 17.7 Å². The number of primary amides is 1. The lowest BCUT2D eigenvalue weighted by atomic mass is 9.78. The van der Waals surface area contributed by atoms with E-state index in [0.717, 1.165) is 17.1 Å². The van der Waals surface area contributed by atoms with Gasteiger partial charge in [0.05, 0.1) is 41.2 Å². The average Bonchev–Trinajstić information content (AvgIpc) is 1.69. The molecule has 1 aromatic heterocycles. The largest absolute Gasteiger partial charge is 0.507 e. The van der Waals surface area contributed by atoms with Crippen molar-refractivity contribution in [2.24, 2.45) is 41.2 Å². The van der Waals surface area contributed by atoms with Gasteiger partial charge in [-0.15, -0.1) is 0 Å². The molecule has 8 amide bonds. The van der Waals surface area contributed by atoms with Crippen LogP contribution in [0.3, 0.4) is 0 Å².